The van der Waals surface area contributed by atoms with E-state index in [1.54, 1.807) is 10.7 Å². The molecule has 134 valence electrons. The van der Waals surface area contributed by atoms with Crippen molar-refractivity contribution in [3.63, 3.8) is 0 Å². The van der Waals surface area contributed by atoms with Crippen LogP contribution < -0.4 is 11.1 Å². The first-order valence-electron chi connectivity index (χ1n) is 8.56. The summed E-state index contributed by atoms with van der Waals surface area (Å²) in [7, 11) is 0. The van der Waals surface area contributed by atoms with Crippen molar-refractivity contribution in [1.29, 1.82) is 0 Å². The number of aromatic nitrogens is 2. The van der Waals surface area contributed by atoms with Crippen molar-refractivity contribution in [3.05, 3.63) is 11.8 Å². The molecule has 0 aromatic carbocycles. The molecule has 6 nitrogen and oxygen atoms in total. The van der Waals surface area contributed by atoms with E-state index in [-0.39, 0.29) is 17.0 Å². The van der Waals surface area contributed by atoms with Gasteiger partial charge in [-0.25, -0.2) is 13.9 Å². The molecule has 1 aromatic rings. The summed E-state index contributed by atoms with van der Waals surface area (Å²) in [5.41, 5.74) is 6.41. The van der Waals surface area contributed by atoms with Crippen molar-refractivity contribution < 1.29 is 13.9 Å². The highest BCUT2D eigenvalue weighted by Gasteiger charge is 2.42. The van der Waals surface area contributed by atoms with Crippen molar-refractivity contribution >= 4 is 11.9 Å². The first-order chi connectivity index (χ1) is 11.1. The zero-order valence-electron chi connectivity index (χ0n) is 14.8. The highest BCUT2D eigenvalue weighted by molar-refractivity contribution is 5.69. The van der Waals surface area contributed by atoms with Gasteiger partial charge in [0.05, 0.1) is 11.2 Å². The summed E-state index contributed by atoms with van der Waals surface area (Å²) in [5.74, 6) is 0.483. The third kappa shape index (κ3) is 3.49. The maximum Gasteiger partial charge on any atom is 0.407 e. The fraction of sp³-hybridized carbons (Fsp3) is 0.765. The lowest BCUT2D eigenvalue weighted by molar-refractivity contribution is 0.0583. The number of ether oxygens (including phenoxy) is 1. The van der Waals surface area contributed by atoms with Crippen LogP contribution in [0.1, 0.15) is 65.0 Å². The lowest BCUT2D eigenvalue weighted by Gasteiger charge is -2.20. The number of hydrogen-bond donors (Lipinski definition) is 2. The molecule has 0 radical (unpaired) electrons. The fourth-order valence-corrected chi connectivity index (χ4v) is 3.19. The van der Waals surface area contributed by atoms with Crippen molar-refractivity contribution in [1.82, 2.24) is 15.1 Å². The Morgan fingerprint density at radius 3 is 2.67 bits per heavy atom. The monoisotopic (exact) mass is 338 g/mol. The maximum atomic E-state index is 14.3. The normalized spacial score (nSPS) is 28.6. The number of carbonyl (C=O) groups excluding carboxylic acids is 1. The van der Waals surface area contributed by atoms with Gasteiger partial charge in [-0.2, -0.15) is 5.10 Å². The van der Waals surface area contributed by atoms with Gasteiger partial charge in [-0.3, -0.25) is 0 Å². The quantitative estimate of drug-likeness (QED) is 0.887. The van der Waals surface area contributed by atoms with Crippen LogP contribution in [0.15, 0.2) is 6.07 Å². The van der Waals surface area contributed by atoms with Crippen LogP contribution in [0.5, 0.6) is 0 Å². The average Bonchev–Trinajstić information content (AvgIpc) is 2.87. The minimum absolute atomic E-state index is 0.0831. The number of carbonyl (C=O) groups is 1. The second-order valence-corrected chi connectivity index (χ2v) is 8.39. The van der Waals surface area contributed by atoms with Crippen LogP contribution in [0.3, 0.4) is 0 Å². The van der Waals surface area contributed by atoms with Crippen molar-refractivity contribution in [2.45, 2.75) is 82.6 Å². The number of alkyl carbamates (subject to hydrolysis) is 1. The maximum absolute atomic E-state index is 14.3. The molecule has 2 aliphatic carbocycles. The molecule has 0 saturated heterocycles. The number of nitrogens with one attached hydrogen (secondary N) is 1. The predicted octanol–water partition coefficient (Wildman–Crippen LogP) is 3.08. The molecule has 7 heteroatoms. The van der Waals surface area contributed by atoms with Gasteiger partial charge in [0, 0.05) is 17.5 Å². The first-order valence-corrected chi connectivity index (χ1v) is 8.56. The number of nitrogens with zero attached hydrogens (tertiary/aromatic N) is 2. The van der Waals surface area contributed by atoms with Gasteiger partial charge in [0.25, 0.3) is 0 Å². The number of alkyl halides is 1. The Kier molecular flexibility index (Phi) is 4.00. The van der Waals surface area contributed by atoms with E-state index in [9.17, 15) is 9.18 Å². The summed E-state index contributed by atoms with van der Waals surface area (Å²) in [5, 5.41) is 7.35. The van der Waals surface area contributed by atoms with E-state index in [1.807, 2.05) is 27.7 Å². The number of nitrogens with two attached hydrogens (primary N) is 1. The SMILES string of the molecule is CC1(NC(=O)O[C@H]2C[C@@H](c3cc(N)n(C(C)(C)C)n3)C[C@H]2F)CC1. The Bertz CT molecular complexity index is 633. The van der Waals surface area contributed by atoms with Crippen LogP contribution in [0.25, 0.3) is 0 Å². The number of nitrogen functional groups attached to an aromatic ring is 1. The molecule has 2 fully saturated rings. The third-order valence-electron chi connectivity index (χ3n) is 4.90. The molecule has 0 bridgehead atoms. The van der Waals surface area contributed by atoms with Crippen LogP contribution in [0.4, 0.5) is 15.0 Å². The molecule has 2 aliphatic rings. The first kappa shape index (κ1) is 17.0. The van der Waals surface area contributed by atoms with Crippen LogP contribution in [0.2, 0.25) is 0 Å². The van der Waals surface area contributed by atoms with E-state index in [1.165, 1.54) is 0 Å². The Hall–Kier alpha value is -1.79. The van der Waals surface area contributed by atoms with Gasteiger partial charge in [-0.05, 0) is 53.4 Å². The van der Waals surface area contributed by atoms with Crippen molar-refractivity contribution in [2.75, 3.05) is 5.73 Å². The van der Waals surface area contributed by atoms with E-state index >= 15 is 0 Å². The van der Waals surface area contributed by atoms with Gasteiger partial charge < -0.3 is 15.8 Å². The van der Waals surface area contributed by atoms with Gasteiger partial charge in [0.2, 0.25) is 0 Å². The molecular weight excluding hydrogens is 311 g/mol. The molecular formula is C17H27FN4O2. The largest absolute Gasteiger partial charge is 0.443 e. The highest BCUT2D eigenvalue weighted by atomic mass is 19.1. The van der Waals surface area contributed by atoms with Gasteiger partial charge >= 0.3 is 6.09 Å². The molecule has 3 N–H and O–H groups in total. The molecule has 0 aliphatic heterocycles. The predicted molar refractivity (Wildman–Crippen MR) is 89.6 cm³/mol. The van der Waals surface area contributed by atoms with Gasteiger partial charge in [-0.1, -0.05) is 0 Å². The molecule has 0 spiro atoms. The highest BCUT2D eigenvalue weighted by Crippen LogP contribution is 2.39. The van der Waals surface area contributed by atoms with Crippen molar-refractivity contribution in [3.8, 4) is 0 Å². The smallest absolute Gasteiger partial charge is 0.407 e. The number of amides is 1. The molecule has 0 unspecified atom stereocenters. The molecule has 1 heterocycles. The van der Waals surface area contributed by atoms with Crippen LogP contribution >= 0.6 is 0 Å². The molecule has 3 atom stereocenters. The minimum atomic E-state index is -1.17. The van der Waals surface area contributed by atoms with E-state index in [2.05, 4.69) is 10.4 Å². The standard InChI is InChI=1S/C17H27FN4O2/c1-16(2,3)22-14(19)9-12(21-22)10-7-11(18)13(8-10)24-15(23)20-17(4)5-6-17/h9-11,13H,5-8,19H2,1-4H3,(H,20,23)/t10-,11+,13-/m0/s1. The summed E-state index contributed by atoms with van der Waals surface area (Å²) in [4.78, 5) is 11.9. The lowest BCUT2D eigenvalue weighted by Crippen LogP contribution is -2.38. The number of rotatable bonds is 3. The van der Waals surface area contributed by atoms with Crippen LogP contribution in [-0.4, -0.2) is 33.7 Å². The summed E-state index contributed by atoms with van der Waals surface area (Å²) < 4.78 is 21.4. The lowest BCUT2D eigenvalue weighted by atomic mass is 10.0. The molecule has 2 saturated carbocycles. The van der Waals surface area contributed by atoms with E-state index in [0.717, 1.165) is 18.5 Å². The molecule has 1 amide bonds. The van der Waals surface area contributed by atoms with Crippen molar-refractivity contribution in [2.24, 2.45) is 0 Å². The van der Waals surface area contributed by atoms with E-state index in [4.69, 9.17) is 10.5 Å². The summed E-state index contributed by atoms with van der Waals surface area (Å²) in [6.07, 6.45) is 0.202. The van der Waals surface area contributed by atoms with Crippen LogP contribution in [-0.2, 0) is 10.3 Å². The molecule has 3 rings (SSSR count). The third-order valence-corrected chi connectivity index (χ3v) is 4.90. The second-order valence-electron chi connectivity index (χ2n) is 8.39. The zero-order chi connectivity index (χ0) is 17.7. The van der Waals surface area contributed by atoms with E-state index < -0.39 is 18.4 Å². The summed E-state index contributed by atoms with van der Waals surface area (Å²) >= 11 is 0. The van der Waals surface area contributed by atoms with Gasteiger partial charge in [0.1, 0.15) is 18.1 Å². The summed E-state index contributed by atoms with van der Waals surface area (Å²) in [6.45, 7) is 8.00. The minimum Gasteiger partial charge on any atom is -0.443 e. The molecule has 1 aromatic heterocycles. The Labute approximate surface area is 141 Å². The number of anilines is 1. The van der Waals surface area contributed by atoms with Gasteiger partial charge in [0.15, 0.2) is 0 Å². The summed E-state index contributed by atoms with van der Waals surface area (Å²) in [6, 6.07) is 1.80. The van der Waals surface area contributed by atoms with E-state index in [0.29, 0.717) is 18.7 Å². The molecule has 24 heavy (non-hydrogen) atoms. The van der Waals surface area contributed by atoms with Gasteiger partial charge in [-0.15, -0.1) is 0 Å². The Morgan fingerprint density at radius 1 is 1.46 bits per heavy atom. The Morgan fingerprint density at radius 2 is 2.12 bits per heavy atom. The second kappa shape index (κ2) is 5.63. The average molecular weight is 338 g/mol. The number of halogens is 1. The Balaban J connectivity index is 1.64. The van der Waals surface area contributed by atoms with Crippen LogP contribution in [0, 0.1) is 0 Å². The topological polar surface area (TPSA) is 82.2 Å². The number of hydrogen-bond acceptors (Lipinski definition) is 4. The zero-order valence-corrected chi connectivity index (χ0v) is 14.8. The fourth-order valence-electron chi connectivity index (χ4n) is 3.19.